The maximum atomic E-state index is 12.3. The predicted molar refractivity (Wildman–Crippen MR) is 144 cm³/mol. The lowest BCUT2D eigenvalue weighted by molar-refractivity contribution is -0.118. The fourth-order valence-electron chi connectivity index (χ4n) is 3.82. The molecule has 2 amide bonds. The van der Waals surface area contributed by atoms with Gasteiger partial charge in [0.15, 0.2) is 5.69 Å². The van der Waals surface area contributed by atoms with Crippen molar-refractivity contribution in [1.82, 2.24) is 9.88 Å². The van der Waals surface area contributed by atoms with E-state index in [2.05, 4.69) is 45.3 Å². The van der Waals surface area contributed by atoms with Crippen LogP contribution in [0, 0.1) is 5.92 Å². The molecule has 0 spiro atoms. The Morgan fingerprint density at radius 3 is 2.64 bits per heavy atom. The van der Waals surface area contributed by atoms with Crippen molar-refractivity contribution < 1.29 is 19.4 Å². The van der Waals surface area contributed by atoms with E-state index < -0.39 is 0 Å². The molecule has 0 saturated heterocycles. The van der Waals surface area contributed by atoms with Crippen molar-refractivity contribution >= 4 is 44.3 Å². The van der Waals surface area contributed by atoms with Crippen LogP contribution in [0.4, 0.5) is 5.69 Å². The van der Waals surface area contributed by atoms with Gasteiger partial charge in [-0.2, -0.15) is 0 Å². The summed E-state index contributed by atoms with van der Waals surface area (Å²) in [5.74, 6) is 0.628. The summed E-state index contributed by atoms with van der Waals surface area (Å²) < 4.78 is 7.88. The first kappa shape index (κ1) is 27.4. The first-order valence-corrected chi connectivity index (χ1v) is 13.0. The summed E-state index contributed by atoms with van der Waals surface area (Å²) in [6.45, 7) is 5.41. The number of halogens is 1. The summed E-state index contributed by atoms with van der Waals surface area (Å²) in [7, 11) is 1.58. The first-order chi connectivity index (χ1) is 17.3. The minimum atomic E-state index is -0.349. The molecule has 0 atom stereocenters. The Bertz CT molecular complexity index is 1240. The highest BCUT2D eigenvalue weighted by Crippen LogP contribution is 2.40. The number of hydrogen-bond donors (Lipinski definition) is 2. The standard InChI is InChI=1S/C27H33BrN4O4/c1-18(2)14-16-32-23-13-12-19(36-3)17-21(23)25(27(32)35)31-30-24(33)11-5-4-8-15-29-26(34)20-9-6-7-10-22(20)28/h6-7,9-10,12-13,17-18,35H,4-5,8,11,14-16H2,1-3H3,(H,29,34). The quantitative estimate of drug-likeness (QED) is 0.190. The number of hydrogen-bond acceptors (Lipinski definition) is 5. The third-order valence-electron chi connectivity index (χ3n) is 5.88. The van der Waals surface area contributed by atoms with Crippen LogP contribution in [0.5, 0.6) is 11.6 Å². The van der Waals surface area contributed by atoms with Crippen LogP contribution in [-0.4, -0.2) is 35.1 Å². The summed E-state index contributed by atoms with van der Waals surface area (Å²) in [6.07, 6.45) is 3.30. The minimum absolute atomic E-state index is 0.00347. The van der Waals surface area contributed by atoms with E-state index in [0.29, 0.717) is 42.1 Å². The lowest BCUT2D eigenvalue weighted by Gasteiger charge is -2.09. The Hall–Kier alpha value is -3.20. The van der Waals surface area contributed by atoms with Crippen molar-refractivity contribution in [3.05, 3.63) is 52.5 Å². The molecule has 0 aliphatic rings. The lowest BCUT2D eigenvalue weighted by atomic mass is 10.1. The number of carbonyl (C=O) groups is 2. The predicted octanol–water partition coefficient (Wildman–Crippen LogP) is 6.76. The zero-order valence-electron chi connectivity index (χ0n) is 21.0. The molecule has 0 radical (unpaired) electrons. The van der Waals surface area contributed by atoms with Gasteiger partial charge in [-0.15, -0.1) is 10.2 Å². The van der Waals surface area contributed by atoms with Gasteiger partial charge in [0.25, 0.3) is 11.8 Å². The second-order valence-corrected chi connectivity index (χ2v) is 9.88. The number of carbonyl (C=O) groups excluding carboxylic acids is 2. The van der Waals surface area contributed by atoms with Crippen LogP contribution in [0.15, 0.2) is 57.2 Å². The van der Waals surface area contributed by atoms with Crippen LogP contribution in [0.2, 0.25) is 0 Å². The van der Waals surface area contributed by atoms with E-state index in [4.69, 9.17) is 4.74 Å². The summed E-state index contributed by atoms with van der Waals surface area (Å²) in [4.78, 5) is 24.5. The van der Waals surface area contributed by atoms with E-state index in [0.717, 1.165) is 29.3 Å². The lowest BCUT2D eigenvalue weighted by Crippen LogP contribution is -2.24. The van der Waals surface area contributed by atoms with Crippen LogP contribution in [0.3, 0.4) is 0 Å². The summed E-state index contributed by atoms with van der Waals surface area (Å²) >= 11 is 3.38. The summed E-state index contributed by atoms with van der Waals surface area (Å²) in [6, 6.07) is 12.8. The number of nitrogens with one attached hydrogen (secondary N) is 1. The topological polar surface area (TPSA) is 105 Å². The maximum absolute atomic E-state index is 12.3. The van der Waals surface area contributed by atoms with E-state index in [1.165, 1.54) is 0 Å². The number of aromatic hydroxyl groups is 1. The molecule has 2 aromatic carbocycles. The van der Waals surface area contributed by atoms with Crippen molar-refractivity contribution in [2.24, 2.45) is 16.1 Å². The maximum Gasteiger partial charge on any atom is 0.264 e. The minimum Gasteiger partial charge on any atom is -0.497 e. The molecule has 0 fully saturated rings. The van der Waals surface area contributed by atoms with Crippen LogP contribution in [-0.2, 0) is 11.3 Å². The van der Waals surface area contributed by atoms with Gasteiger partial charge in [-0.3, -0.25) is 9.59 Å². The number of amides is 2. The van der Waals surface area contributed by atoms with Crippen molar-refractivity contribution in [2.75, 3.05) is 13.7 Å². The molecule has 36 heavy (non-hydrogen) atoms. The number of azo groups is 1. The second-order valence-electron chi connectivity index (χ2n) is 9.03. The smallest absolute Gasteiger partial charge is 0.264 e. The molecular weight excluding hydrogens is 524 g/mol. The molecule has 2 N–H and O–H groups in total. The number of fused-ring (bicyclic) bond motifs is 1. The highest BCUT2D eigenvalue weighted by molar-refractivity contribution is 9.10. The second kappa shape index (κ2) is 13.2. The Labute approximate surface area is 219 Å². The molecule has 1 heterocycles. The first-order valence-electron chi connectivity index (χ1n) is 12.2. The van der Waals surface area contributed by atoms with E-state index in [-0.39, 0.29) is 29.8 Å². The van der Waals surface area contributed by atoms with Crippen LogP contribution < -0.4 is 10.1 Å². The van der Waals surface area contributed by atoms with Gasteiger partial charge >= 0.3 is 0 Å². The van der Waals surface area contributed by atoms with Crippen molar-refractivity contribution in [1.29, 1.82) is 0 Å². The van der Waals surface area contributed by atoms with Gasteiger partial charge in [-0.05, 0) is 71.4 Å². The van der Waals surface area contributed by atoms with Crippen molar-refractivity contribution in [2.45, 2.75) is 52.5 Å². The van der Waals surface area contributed by atoms with Gasteiger partial charge in [-0.1, -0.05) is 32.4 Å². The zero-order chi connectivity index (χ0) is 26.1. The average Bonchev–Trinajstić information content (AvgIpc) is 3.13. The van der Waals surface area contributed by atoms with Crippen molar-refractivity contribution in [3.8, 4) is 11.6 Å². The number of methoxy groups -OCH3 is 1. The Kier molecular flexibility index (Phi) is 10.0. The molecule has 192 valence electrons. The van der Waals surface area contributed by atoms with Gasteiger partial charge in [0.2, 0.25) is 5.88 Å². The van der Waals surface area contributed by atoms with E-state index in [1.54, 1.807) is 23.8 Å². The molecule has 9 heteroatoms. The monoisotopic (exact) mass is 556 g/mol. The Morgan fingerprint density at radius 2 is 1.92 bits per heavy atom. The largest absolute Gasteiger partial charge is 0.497 e. The molecule has 8 nitrogen and oxygen atoms in total. The molecule has 3 rings (SSSR count). The normalized spacial score (nSPS) is 11.5. The highest BCUT2D eigenvalue weighted by atomic mass is 79.9. The number of unbranched alkanes of at least 4 members (excludes halogenated alkanes) is 2. The fourth-order valence-corrected chi connectivity index (χ4v) is 4.28. The fraction of sp³-hybridized carbons (Fsp3) is 0.407. The van der Waals surface area contributed by atoms with Crippen LogP contribution in [0.25, 0.3) is 10.9 Å². The molecule has 1 aromatic heterocycles. The van der Waals surface area contributed by atoms with Gasteiger partial charge in [0, 0.05) is 29.4 Å². The van der Waals surface area contributed by atoms with E-state index in [9.17, 15) is 14.7 Å². The highest BCUT2D eigenvalue weighted by Gasteiger charge is 2.18. The van der Waals surface area contributed by atoms with Crippen LogP contribution >= 0.6 is 15.9 Å². The third kappa shape index (κ3) is 7.16. The number of benzene rings is 2. The number of nitrogens with zero attached hydrogens (tertiary/aromatic N) is 3. The van der Waals surface area contributed by atoms with Gasteiger partial charge < -0.3 is 19.7 Å². The summed E-state index contributed by atoms with van der Waals surface area (Å²) in [5, 5.41) is 22.4. The summed E-state index contributed by atoms with van der Waals surface area (Å²) in [5.41, 5.74) is 1.69. The molecule has 0 aliphatic heterocycles. The van der Waals surface area contributed by atoms with Gasteiger partial charge in [0.05, 0.1) is 18.2 Å². The Morgan fingerprint density at radius 1 is 1.14 bits per heavy atom. The Balaban J connectivity index is 1.54. The molecular formula is C27H33BrN4O4. The average molecular weight is 557 g/mol. The zero-order valence-corrected chi connectivity index (χ0v) is 22.5. The molecule has 0 saturated carbocycles. The molecule has 0 bridgehead atoms. The molecule has 0 aliphatic carbocycles. The van der Waals surface area contributed by atoms with Crippen LogP contribution in [0.1, 0.15) is 56.3 Å². The number of aromatic nitrogens is 1. The van der Waals surface area contributed by atoms with Gasteiger partial charge in [0.1, 0.15) is 5.75 Å². The number of rotatable bonds is 12. The molecule has 3 aromatic rings. The van der Waals surface area contributed by atoms with E-state index >= 15 is 0 Å². The molecule has 0 unspecified atom stereocenters. The number of aryl methyl sites for hydroxylation is 1. The van der Waals surface area contributed by atoms with Crippen molar-refractivity contribution in [3.63, 3.8) is 0 Å². The third-order valence-corrected chi connectivity index (χ3v) is 6.57. The number of ether oxygens (including phenoxy) is 1. The SMILES string of the molecule is COc1ccc2c(c1)c(N=NC(=O)CCCCCNC(=O)c1ccccc1Br)c(O)n2CCC(C)C. The van der Waals surface area contributed by atoms with E-state index in [1.807, 2.05) is 30.3 Å². The van der Waals surface area contributed by atoms with Gasteiger partial charge in [-0.25, -0.2) is 0 Å².